The van der Waals surface area contributed by atoms with Crippen molar-refractivity contribution >= 4 is 32.9 Å². The lowest BCUT2D eigenvalue weighted by Gasteiger charge is -2.16. The van der Waals surface area contributed by atoms with Gasteiger partial charge in [-0.15, -0.1) is 0 Å². The highest BCUT2D eigenvalue weighted by molar-refractivity contribution is 7.89. The summed E-state index contributed by atoms with van der Waals surface area (Å²) in [5, 5.41) is 0.575. The van der Waals surface area contributed by atoms with E-state index in [0.717, 1.165) is 28.6 Å². The average molecular weight is 449 g/mol. The van der Waals surface area contributed by atoms with Crippen LogP contribution >= 0.6 is 0 Å². The molecular weight excluding hydrogens is 429 g/mol. The molecule has 2 aromatic carbocycles. The van der Waals surface area contributed by atoms with E-state index in [2.05, 4.69) is 0 Å². The third kappa shape index (κ3) is 4.92. The van der Waals surface area contributed by atoms with Gasteiger partial charge < -0.3 is 13.9 Å². The van der Waals surface area contributed by atoms with Crippen molar-refractivity contribution in [2.45, 2.75) is 18.4 Å². The summed E-state index contributed by atoms with van der Waals surface area (Å²) in [5.41, 5.74) is 0.749. The zero-order valence-electron chi connectivity index (χ0n) is 16.8. The van der Waals surface area contributed by atoms with Gasteiger partial charge in [-0.05, 0) is 37.3 Å². The van der Waals surface area contributed by atoms with Gasteiger partial charge >= 0.3 is 11.9 Å². The molecule has 0 fully saturated rings. The smallest absolute Gasteiger partial charge is 0.374 e. The fourth-order valence-electron chi connectivity index (χ4n) is 2.86. The highest BCUT2D eigenvalue weighted by atomic mass is 32.2. The molecular formula is C21H20FNO7S. The predicted octanol–water partition coefficient (Wildman–Crippen LogP) is 3.11. The number of furan rings is 1. The molecule has 0 radical (unpaired) electrons. The Bertz CT molecular complexity index is 1200. The van der Waals surface area contributed by atoms with Crippen LogP contribution < -0.4 is 0 Å². The first kappa shape index (κ1) is 22.4. The highest BCUT2D eigenvalue weighted by Gasteiger charge is 2.26. The molecule has 0 N–H and O–H groups in total. The minimum Gasteiger partial charge on any atom is -0.460 e. The monoisotopic (exact) mass is 449 g/mol. The standard InChI is InChI=1S/C21H20FNO7S/c1-3-28-21(25)20-17(16-6-4-5-7-18(16)30-20)13-29-19(24)12-23(2)31(26,27)15-10-8-14(22)9-11-15/h4-11H,3,12-13H2,1-2H3. The number of ether oxygens (including phenoxy) is 2. The Kier molecular flexibility index (Phi) is 6.71. The summed E-state index contributed by atoms with van der Waals surface area (Å²) in [5.74, 6) is -2.19. The molecule has 1 aromatic heterocycles. The van der Waals surface area contributed by atoms with Crippen LogP contribution in [-0.4, -0.2) is 44.9 Å². The van der Waals surface area contributed by atoms with E-state index < -0.39 is 34.3 Å². The number of rotatable bonds is 8. The van der Waals surface area contributed by atoms with E-state index in [1.165, 1.54) is 7.05 Å². The van der Waals surface area contributed by atoms with Crippen molar-refractivity contribution in [2.24, 2.45) is 0 Å². The van der Waals surface area contributed by atoms with Gasteiger partial charge in [0.25, 0.3) is 0 Å². The first-order valence-corrected chi connectivity index (χ1v) is 10.7. The van der Waals surface area contributed by atoms with Crippen LogP contribution in [0.5, 0.6) is 0 Å². The third-order valence-corrected chi connectivity index (χ3v) is 6.23. The lowest BCUT2D eigenvalue weighted by atomic mass is 10.1. The lowest BCUT2D eigenvalue weighted by Crippen LogP contribution is -2.33. The van der Waals surface area contributed by atoms with Crippen LogP contribution in [0.3, 0.4) is 0 Å². The average Bonchev–Trinajstić information content (AvgIpc) is 3.11. The molecule has 0 aliphatic heterocycles. The molecule has 0 spiro atoms. The summed E-state index contributed by atoms with van der Waals surface area (Å²) in [6.07, 6.45) is 0. The summed E-state index contributed by atoms with van der Waals surface area (Å²) < 4.78 is 54.6. The van der Waals surface area contributed by atoms with Gasteiger partial charge in [0.05, 0.1) is 17.1 Å². The lowest BCUT2D eigenvalue weighted by molar-refractivity contribution is -0.144. The Morgan fingerprint density at radius 3 is 2.42 bits per heavy atom. The number of nitrogens with zero attached hydrogens (tertiary/aromatic N) is 1. The van der Waals surface area contributed by atoms with Gasteiger partial charge in [-0.25, -0.2) is 17.6 Å². The van der Waals surface area contributed by atoms with E-state index in [4.69, 9.17) is 13.9 Å². The molecule has 0 aliphatic rings. The van der Waals surface area contributed by atoms with Gasteiger partial charge in [-0.2, -0.15) is 4.31 Å². The topological polar surface area (TPSA) is 103 Å². The zero-order valence-corrected chi connectivity index (χ0v) is 17.6. The number of hydrogen-bond acceptors (Lipinski definition) is 7. The van der Waals surface area contributed by atoms with E-state index >= 15 is 0 Å². The van der Waals surface area contributed by atoms with Gasteiger partial charge in [0.15, 0.2) is 0 Å². The molecule has 0 unspecified atom stereocenters. The maximum Gasteiger partial charge on any atom is 0.374 e. The normalized spacial score (nSPS) is 11.6. The Hall–Kier alpha value is -3.24. The molecule has 3 aromatic rings. The number of carbonyl (C=O) groups excluding carboxylic acids is 2. The maximum absolute atomic E-state index is 13.0. The molecule has 0 amide bonds. The number of sulfonamides is 1. The molecule has 3 rings (SSSR count). The second kappa shape index (κ2) is 9.27. The summed E-state index contributed by atoms with van der Waals surface area (Å²) in [6, 6.07) is 11.1. The molecule has 0 bridgehead atoms. The SMILES string of the molecule is CCOC(=O)c1oc2ccccc2c1COC(=O)CN(C)S(=O)(=O)c1ccc(F)cc1. The summed E-state index contributed by atoms with van der Waals surface area (Å²) >= 11 is 0. The van der Waals surface area contributed by atoms with E-state index in [9.17, 15) is 22.4 Å². The highest BCUT2D eigenvalue weighted by Crippen LogP contribution is 2.27. The summed E-state index contributed by atoms with van der Waals surface area (Å²) in [7, 11) is -2.81. The van der Waals surface area contributed by atoms with Crippen molar-refractivity contribution in [3.8, 4) is 0 Å². The van der Waals surface area contributed by atoms with Crippen LogP contribution in [-0.2, 0) is 30.9 Å². The molecule has 164 valence electrons. The summed E-state index contributed by atoms with van der Waals surface area (Å²) in [6.45, 7) is 0.900. The molecule has 10 heteroatoms. The van der Waals surface area contributed by atoms with E-state index in [1.54, 1.807) is 31.2 Å². The zero-order chi connectivity index (χ0) is 22.6. The Morgan fingerprint density at radius 1 is 1.06 bits per heavy atom. The van der Waals surface area contributed by atoms with Crippen molar-refractivity contribution in [1.29, 1.82) is 0 Å². The van der Waals surface area contributed by atoms with Gasteiger partial charge in [-0.3, -0.25) is 4.79 Å². The van der Waals surface area contributed by atoms with Crippen LogP contribution in [0.1, 0.15) is 23.0 Å². The van der Waals surface area contributed by atoms with Crippen molar-refractivity contribution in [2.75, 3.05) is 20.2 Å². The van der Waals surface area contributed by atoms with Crippen molar-refractivity contribution in [1.82, 2.24) is 4.31 Å². The minimum atomic E-state index is -4.01. The largest absolute Gasteiger partial charge is 0.460 e. The Morgan fingerprint density at radius 2 is 1.74 bits per heavy atom. The van der Waals surface area contributed by atoms with Gasteiger partial charge in [0.2, 0.25) is 15.8 Å². The van der Waals surface area contributed by atoms with E-state index in [1.807, 2.05) is 0 Å². The molecule has 0 saturated carbocycles. The number of likely N-dealkylation sites (N-methyl/N-ethyl adjacent to an activating group) is 1. The Balaban J connectivity index is 1.73. The second-order valence-corrected chi connectivity index (χ2v) is 8.55. The van der Waals surface area contributed by atoms with Gasteiger partial charge in [0, 0.05) is 12.4 Å². The number of benzene rings is 2. The maximum atomic E-state index is 13.0. The number of halogens is 1. The Labute approximate surface area is 178 Å². The molecule has 31 heavy (non-hydrogen) atoms. The van der Waals surface area contributed by atoms with E-state index in [0.29, 0.717) is 16.5 Å². The van der Waals surface area contributed by atoms with Crippen LogP contribution in [0.4, 0.5) is 4.39 Å². The number of hydrogen-bond donors (Lipinski definition) is 0. The number of carbonyl (C=O) groups is 2. The first-order valence-electron chi connectivity index (χ1n) is 9.29. The third-order valence-electron chi connectivity index (χ3n) is 4.41. The van der Waals surface area contributed by atoms with E-state index in [-0.39, 0.29) is 23.9 Å². The van der Waals surface area contributed by atoms with Crippen LogP contribution in [0.15, 0.2) is 57.8 Å². The molecule has 8 nitrogen and oxygen atoms in total. The number of esters is 2. The fraction of sp³-hybridized carbons (Fsp3) is 0.238. The number of para-hydroxylation sites is 1. The minimum absolute atomic E-state index is 0.0804. The predicted molar refractivity (Wildman–Crippen MR) is 108 cm³/mol. The molecule has 0 atom stereocenters. The summed E-state index contributed by atoms with van der Waals surface area (Å²) in [4.78, 5) is 24.3. The van der Waals surface area contributed by atoms with Crippen molar-refractivity contribution in [3.05, 3.63) is 65.7 Å². The van der Waals surface area contributed by atoms with Crippen LogP contribution in [0, 0.1) is 5.82 Å². The molecule has 0 aliphatic carbocycles. The van der Waals surface area contributed by atoms with Gasteiger partial charge in [0.1, 0.15) is 24.6 Å². The molecule has 0 saturated heterocycles. The van der Waals surface area contributed by atoms with Crippen molar-refractivity contribution < 1.29 is 36.3 Å². The van der Waals surface area contributed by atoms with Gasteiger partial charge in [-0.1, -0.05) is 18.2 Å². The van der Waals surface area contributed by atoms with Crippen LogP contribution in [0.25, 0.3) is 11.0 Å². The first-order chi connectivity index (χ1) is 14.7. The second-order valence-electron chi connectivity index (χ2n) is 6.50. The number of fused-ring (bicyclic) bond motifs is 1. The molecule has 1 heterocycles. The van der Waals surface area contributed by atoms with Crippen molar-refractivity contribution in [3.63, 3.8) is 0 Å². The fourth-order valence-corrected chi connectivity index (χ4v) is 3.97. The quantitative estimate of drug-likeness (QED) is 0.487. The van der Waals surface area contributed by atoms with Crippen LogP contribution in [0.2, 0.25) is 0 Å².